The lowest BCUT2D eigenvalue weighted by molar-refractivity contribution is -0.121. The molecule has 2 aliphatic heterocycles. The van der Waals surface area contributed by atoms with Gasteiger partial charge in [0.2, 0.25) is 23.6 Å². The first-order valence-corrected chi connectivity index (χ1v) is 35.4. The van der Waals surface area contributed by atoms with Gasteiger partial charge in [0.25, 0.3) is 11.9 Å². The fourth-order valence-corrected chi connectivity index (χ4v) is 7.67. The molecule has 0 radical (unpaired) electrons. The van der Waals surface area contributed by atoms with Crippen molar-refractivity contribution in [1.82, 2.24) is 47.4 Å². The Kier molecular flexibility index (Phi) is 53.1. The molecule has 0 saturated heterocycles. The van der Waals surface area contributed by atoms with E-state index in [4.69, 9.17) is 39.9 Å². The van der Waals surface area contributed by atoms with Crippen LogP contribution in [-0.2, 0) is 38.1 Å². The number of benzene rings is 1. The molecule has 2 heterocycles. The summed E-state index contributed by atoms with van der Waals surface area (Å²) in [5.41, 5.74) is 10.4. The van der Waals surface area contributed by atoms with Crippen LogP contribution in [-0.4, -0.2) is 199 Å². The molecule has 2 aliphatic rings. The van der Waals surface area contributed by atoms with Crippen LogP contribution in [0.3, 0.4) is 0 Å². The van der Waals surface area contributed by atoms with Crippen molar-refractivity contribution in [3.05, 3.63) is 28.8 Å². The van der Waals surface area contributed by atoms with Crippen molar-refractivity contribution in [3.63, 3.8) is 0 Å². The number of nitrogens with one attached hydrogen (secondary N) is 8. The van der Waals surface area contributed by atoms with E-state index in [1.54, 1.807) is 121 Å². The van der Waals surface area contributed by atoms with Crippen LogP contribution in [0, 0.1) is 13.8 Å². The van der Waals surface area contributed by atoms with E-state index in [9.17, 15) is 38.4 Å². The Labute approximate surface area is 616 Å². The quantitative estimate of drug-likeness (QED) is 0.0272. The summed E-state index contributed by atoms with van der Waals surface area (Å²) in [6, 6.07) is 5.69. The molecular formula is C71H136N16O14S. The van der Waals surface area contributed by atoms with E-state index >= 15 is 0 Å². The zero-order valence-corrected chi connectivity index (χ0v) is 69.3. The highest BCUT2D eigenvalue weighted by molar-refractivity contribution is 8.14. The van der Waals surface area contributed by atoms with Gasteiger partial charge in [-0.05, 0) is 238 Å². The molecule has 0 spiro atoms. The number of hydrogen-bond donors (Lipinski definition) is 10. The standard InChI is InChI=1S/C15H29N3O4.C14H19NO3.C10H20N2O3.C9H19N3O2.C6H12N2O.C6H12N2S.C6H13NO.C5H12N2/c1-10(2)18(9)11(16-12(19)21-14(3,4)5)17-13(20)22-15(6,7)8;1-8(2)15-14(17)12(16)11-6-9(3)13(18-5)10(4)7-11;1-7(2)12-8(13)6-11-9(14)15-10(3,4)5;1-6(2)11-7(10)12-8(13)14-9(3,4)5;2*1-5(2)8-6-7-3-4-9-6;1-4-6(8)7-5(2)3;1-4(2)7-5(3)6/h10H,1-9H3,(H,16,17,19,20);6-8H,1-5H3,(H,15,17);7H,6H2,1-5H3,(H,11,14)(H,12,13);6H,1-5H3,(H3,10,11,12,13);2*5H,3-4H2,1-2H3,(H,7,8);5H,4H2,1-3H3,(H,7,8);4H,1-3H3,(H2,6,7). The molecule has 0 unspecified atom stereocenters. The van der Waals surface area contributed by atoms with Gasteiger partial charge in [0, 0.05) is 73.1 Å². The Balaban J connectivity index is -0.000000361. The van der Waals surface area contributed by atoms with Crippen molar-refractivity contribution in [3.8, 4) is 5.75 Å². The third kappa shape index (κ3) is 66.4. The maximum Gasteiger partial charge on any atom is 0.437 e. The average molecular weight is 1470 g/mol. The average Bonchev–Trinajstić information content (AvgIpc) is 0.956. The van der Waals surface area contributed by atoms with Gasteiger partial charge in [0.1, 0.15) is 41.3 Å². The van der Waals surface area contributed by atoms with Crippen LogP contribution in [0.4, 0.5) is 19.2 Å². The van der Waals surface area contributed by atoms with Crippen LogP contribution in [0.5, 0.6) is 5.75 Å². The molecule has 0 fully saturated rings. The van der Waals surface area contributed by atoms with Crippen LogP contribution in [0.1, 0.15) is 236 Å². The van der Waals surface area contributed by atoms with Crippen molar-refractivity contribution in [2.24, 2.45) is 36.4 Å². The van der Waals surface area contributed by atoms with E-state index in [1.807, 2.05) is 116 Å². The third-order valence-electron chi connectivity index (χ3n) is 10.4. The Hall–Kier alpha value is -8.12. The number of aliphatic imine (C=N–C) groups is 5. The molecule has 0 aliphatic carbocycles. The Morgan fingerprint density at radius 2 is 1.04 bits per heavy atom. The highest BCUT2D eigenvalue weighted by Crippen LogP contribution is 2.24. The number of ether oxygens (including phenoxy) is 6. The van der Waals surface area contributed by atoms with Crippen molar-refractivity contribution < 1.29 is 66.8 Å². The molecule has 7 amide bonds. The second-order valence-corrected chi connectivity index (χ2v) is 30.4. The second kappa shape index (κ2) is 52.8. The smallest absolute Gasteiger partial charge is 0.437 e. The van der Waals surface area contributed by atoms with Gasteiger partial charge in [0.05, 0.1) is 26.0 Å². The monoisotopic (exact) mass is 1470 g/mol. The highest BCUT2D eigenvalue weighted by atomic mass is 32.2. The zero-order valence-electron chi connectivity index (χ0n) is 68.5. The molecule has 31 heteroatoms. The van der Waals surface area contributed by atoms with Gasteiger partial charge in [-0.15, -0.1) is 4.99 Å². The number of amidine groups is 3. The molecule has 0 aromatic heterocycles. The fraction of sp³-hybridized carbons (Fsp3) is 0.732. The normalized spacial score (nSPS) is 12.8. The molecule has 590 valence electrons. The van der Waals surface area contributed by atoms with Crippen molar-refractivity contribution in [2.45, 2.75) is 299 Å². The predicted molar refractivity (Wildman–Crippen MR) is 415 cm³/mol. The molecule has 12 N–H and O–H groups in total. The van der Waals surface area contributed by atoms with Crippen LogP contribution >= 0.6 is 11.8 Å². The molecule has 102 heavy (non-hydrogen) atoms. The number of alkyl carbamates (subject to hydrolysis) is 3. The molecule has 1 aromatic rings. The number of methoxy groups -OCH3 is 1. The first-order valence-electron chi connectivity index (χ1n) is 34.5. The maximum absolute atomic E-state index is 11.9. The van der Waals surface area contributed by atoms with Crippen molar-refractivity contribution in [2.75, 3.05) is 46.2 Å². The van der Waals surface area contributed by atoms with Crippen LogP contribution in [0.25, 0.3) is 0 Å². The van der Waals surface area contributed by atoms with E-state index in [0.717, 1.165) is 47.5 Å². The molecule has 3 rings (SSSR count). The molecule has 0 bridgehead atoms. The summed E-state index contributed by atoms with van der Waals surface area (Å²) in [4.78, 5) is 113. The van der Waals surface area contributed by atoms with Gasteiger partial charge < -0.3 is 76.7 Å². The molecule has 0 saturated carbocycles. The number of hydrogen-bond acceptors (Lipinski definition) is 21. The van der Waals surface area contributed by atoms with Crippen LogP contribution < -0.4 is 58.7 Å². The van der Waals surface area contributed by atoms with E-state index in [-0.39, 0.29) is 60.5 Å². The number of guanidine groups is 2. The van der Waals surface area contributed by atoms with Gasteiger partial charge in [-0.1, -0.05) is 18.7 Å². The SMILES string of the molecule is CC(C)N(C)C(=NC(=O)OC(C)(C)C)NC(=O)OC(C)(C)C.CC(C)N=C(N)NC(=O)OC(C)(C)C.CC(C)NC(=O)CNC(=O)OC(C)(C)C.CC(C)NC1=NCCO1.CC(C)NC1=NCCS1.CC(N)=NC(C)C.CCC(=O)NC(C)C.COc1c(C)cc(C(=O)C(=O)NC(C)C)cc1C. The zero-order chi connectivity index (χ0) is 80.8. The minimum Gasteiger partial charge on any atom is -0.496 e. The summed E-state index contributed by atoms with van der Waals surface area (Å²) >= 11 is 1.81. The van der Waals surface area contributed by atoms with Crippen molar-refractivity contribution in [1.29, 1.82) is 0 Å². The predicted octanol–water partition coefficient (Wildman–Crippen LogP) is 10.6. The number of nitrogens with zero attached hydrogens (tertiary/aromatic N) is 6. The Morgan fingerprint density at radius 3 is 1.37 bits per heavy atom. The first-order chi connectivity index (χ1) is 46.3. The summed E-state index contributed by atoms with van der Waals surface area (Å²) in [6.45, 7) is 62.1. The first kappa shape index (κ1) is 103. The summed E-state index contributed by atoms with van der Waals surface area (Å²) in [5, 5.41) is 22.6. The van der Waals surface area contributed by atoms with E-state index in [1.165, 1.54) is 0 Å². The number of nitrogens with two attached hydrogens (primary N) is 2. The lowest BCUT2D eigenvalue weighted by Crippen LogP contribution is -2.47. The summed E-state index contributed by atoms with van der Waals surface area (Å²) < 4.78 is 30.6. The molecule has 0 atom stereocenters. The highest BCUT2D eigenvalue weighted by Gasteiger charge is 2.24. The van der Waals surface area contributed by atoms with E-state index in [2.05, 4.69) is 95.2 Å². The van der Waals surface area contributed by atoms with E-state index in [0.29, 0.717) is 42.0 Å². The molecule has 30 nitrogen and oxygen atoms in total. The van der Waals surface area contributed by atoms with Crippen LogP contribution in [0.2, 0.25) is 0 Å². The van der Waals surface area contributed by atoms with Gasteiger partial charge >= 0.3 is 24.4 Å². The molecular weight excluding hydrogens is 1330 g/mol. The number of ketones is 1. The summed E-state index contributed by atoms with van der Waals surface area (Å²) in [7, 11) is 3.30. The van der Waals surface area contributed by atoms with Crippen molar-refractivity contribution >= 4 is 88.6 Å². The lowest BCUT2D eigenvalue weighted by Gasteiger charge is -2.27. The third-order valence-corrected chi connectivity index (χ3v) is 11.3. The number of carbonyl (C=O) groups is 8. The number of amides is 7. The van der Waals surface area contributed by atoms with E-state index < -0.39 is 58.5 Å². The van der Waals surface area contributed by atoms with Gasteiger partial charge in [-0.3, -0.25) is 44.8 Å². The largest absolute Gasteiger partial charge is 0.496 e. The fourth-order valence-electron chi connectivity index (χ4n) is 6.80. The minimum absolute atomic E-state index is 0.0242. The van der Waals surface area contributed by atoms with Crippen LogP contribution in [0.15, 0.2) is 37.1 Å². The number of thioether (sulfide) groups is 1. The minimum atomic E-state index is -0.772. The summed E-state index contributed by atoms with van der Waals surface area (Å²) in [6.07, 6.45) is -2.03. The molecule has 1 aromatic carbocycles. The number of aryl methyl sites for hydroxylation is 2. The summed E-state index contributed by atoms with van der Waals surface area (Å²) in [5.74, 6) is 1.52. The van der Waals surface area contributed by atoms with Gasteiger partial charge in [0.15, 0.2) is 11.1 Å². The Bertz CT molecular complexity index is 2770. The van der Waals surface area contributed by atoms with Gasteiger partial charge in [-0.25, -0.2) is 24.2 Å². The Morgan fingerprint density at radius 1 is 0.598 bits per heavy atom. The number of carbonyl (C=O) groups excluding carboxylic acids is 8. The number of rotatable bonds is 14. The maximum atomic E-state index is 11.9. The number of Topliss-reactive ketones (excluding diaryl/α,β-unsaturated/α-hetero) is 1. The second-order valence-electron chi connectivity index (χ2n) is 29.3. The lowest BCUT2D eigenvalue weighted by atomic mass is 10.0. The van der Waals surface area contributed by atoms with Gasteiger partial charge in [-0.2, -0.15) is 0 Å². The topological polar surface area (TPSA) is 405 Å².